The highest BCUT2D eigenvalue weighted by Crippen LogP contribution is 2.24. The molecule has 0 saturated carbocycles. The van der Waals surface area contributed by atoms with Gasteiger partial charge in [-0.05, 0) is 37.1 Å². The Morgan fingerprint density at radius 2 is 1.94 bits per heavy atom. The van der Waals surface area contributed by atoms with Crippen LogP contribution in [0.3, 0.4) is 0 Å². The highest BCUT2D eigenvalue weighted by atomic mass is 14.7. The zero-order valence-corrected chi connectivity index (χ0v) is 9.97. The van der Waals surface area contributed by atoms with E-state index in [4.69, 9.17) is 11.5 Å². The third-order valence-corrected chi connectivity index (χ3v) is 3.05. The van der Waals surface area contributed by atoms with E-state index >= 15 is 0 Å². The molecule has 0 saturated heterocycles. The lowest BCUT2D eigenvalue weighted by molar-refractivity contribution is 0.593. The van der Waals surface area contributed by atoms with Crippen molar-refractivity contribution in [3.63, 3.8) is 0 Å². The van der Waals surface area contributed by atoms with Crippen LogP contribution in [0, 0.1) is 0 Å². The molecule has 0 amide bonds. The zero-order valence-electron chi connectivity index (χ0n) is 9.97. The van der Waals surface area contributed by atoms with Crippen molar-refractivity contribution in [2.75, 3.05) is 6.54 Å². The normalized spacial score (nSPS) is 12.8. The van der Waals surface area contributed by atoms with Gasteiger partial charge in [-0.25, -0.2) is 0 Å². The number of nitrogens with two attached hydrogens (primary N) is 2. The Kier molecular flexibility index (Phi) is 4.07. The van der Waals surface area contributed by atoms with Crippen LogP contribution in [0.5, 0.6) is 0 Å². The Morgan fingerprint density at radius 3 is 2.76 bits per heavy atom. The molecule has 1 atom stereocenters. The van der Waals surface area contributed by atoms with E-state index in [1.807, 2.05) is 30.5 Å². The molecule has 3 nitrogen and oxygen atoms in total. The maximum absolute atomic E-state index is 6.23. The van der Waals surface area contributed by atoms with Crippen molar-refractivity contribution >= 4 is 10.9 Å². The standard InChI is InChI=1S/C14H19N3/c15-9-4-3-6-13(16)11-8-10-17-14-7-2-1-5-12(11)14/h1-2,5,7-8,10,13H,3-4,6,9,15-16H2/t13-/m1/s1. The summed E-state index contributed by atoms with van der Waals surface area (Å²) in [6, 6.07) is 10.2. The molecule has 0 unspecified atom stereocenters. The molecular weight excluding hydrogens is 210 g/mol. The molecule has 3 heteroatoms. The van der Waals surface area contributed by atoms with Crippen LogP contribution in [0.15, 0.2) is 36.5 Å². The van der Waals surface area contributed by atoms with Crippen molar-refractivity contribution in [3.05, 3.63) is 42.1 Å². The average Bonchev–Trinajstić information content (AvgIpc) is 2.38. The number of unbranched alkanes of at least 4 members (excludes halogenated alkanes) is 1. The second-order valence-electron chi connectivity index (χ2n) is 4.31. The van der Waals surface area contributed by atoms with Gasteiger partial charge in [-0.1, -0.05) is 24.6 Å². The Balaban J connectivity index is 2.22. The van der Waals surface area contributed by atoms with Crippen molar-refractivity contribution in [3.8, 4) is 0 Å². The van der Waals surface area contributed by atoms with Crippen LogP contribution in [0.25, 0.3) is 10.9 Å². The molecule has 1 heterocycles. The number of aromatic nitrogens is 1. The van der Waals surface area contributed by atoms with Crippen LogP contribution in [0.2, 0.25) is 0 Å². The van der Waals surface area contributed by atoms with Crippen LogP contribution in [0.4, 0.5) is 0 Å². The lowest BCUT2D eigenvalue weighted by Gasteiger charge is -2.14. The molecule has 2 rings (SSSR count). The SMILES string of the molecule is NCCCC[C@@H](N)c1ccnc2ccccc12. The molecule has 0 bridgehead atoms. The smallest absolute Gasteiger partial charge is 0.0705 e. The first-order valence-corrected chi connectivity index (χ1v) is 6.12. The van der Waals surface area contributed by atoms with Gasteiger partial charge in [0.2, 0.25) is 0 Å². The summed E-state index contributed by atoms with van der Waals surface area (Å²) < 4.78 is 0. The molecule has 90 valence electrons. The molecule has 0 aliphatic heterocycles. The summed E-state index contributed by atoms with van der Waals surface area (Å²) in [6.07, 6.45) is 4.93. The molecule has 0 aliphatic carbocycles. The van der Waals surface area contributed by atoms with Gasteiger partial charge in [0, 0.05) is 17.6 Å². The van der Waals surface area contributed by atoms with E-state index in [1.54, 1.807) is 0 Å². The topological polar surface area (TPSA) is 64.9 Å². The van der Waals surface area contributed by atoms with E-state index in [2.05, 4.69) is 11.1 Å². The van der Waals surface area contributed by atoms with Gasteiger partial charge >= 0.3 is 0 Å². The summed E-state index contributed by atoms with van der Waals surface area (Å²) in [6.45, 7) is 0.740. The minimum atomic E-state index is 0.0782. The van der Waals surface area contributed by atoms with Gasteiger partial charge in [-0.3, -0.25) is 4.98 Å². The van der Waals surface area contributed by atoms with Crippen molar-refractivity contribution < 1.29 is 0 Å². The largest absolute Gasteiger partial charge is 0.330 e. The van der Waals surface area contributed by atoms with E-state index in [-0.39, 0.29) is 6.04 Å². The first-order chi connectivity index (χ1) is 8.33. The van der Waals surface area contributed by atoms with Crippen LogP contribution >= 0.6 is 0 Å². The Bertz CT molecular complexity index is 476. The second kappa shape index (κ2) is 5.75. The molecule has 1 aromatic carbocycles. The van der Waals surface area contributed by atoms with Gasteiger partial charge in [0.15, 0.2) is 0 Å². The summed E-state index contributed by atoms with van der Waals surface area (Å²) in [5.41, 5.74) is 13.9. The summed E-state index contributed by atoms with van der Waals surface area (Å²) >= 11 is 0. The molecule has 2 aromatic rings. The van der Waals surface area contributed by atoms with E-state index in [1.165, 1.54) is 5.56 Å². The van der Waals surface area contributed by atoms with E-state index in [9.17, 15) is 0 Å². The molecule has 0 fully saturated rings. The fraction of sp³-hybridized carbons (Fsp3) is 0.357. The Hall–Kier alpha value is -1.45. The van der Waals surface area contributed by atoms with Crippen molar-refractivity contribution in [2.24, 2.45) is 11.5 Å². The van der Waals surface area contributed by atoms with Crippen molar-refractivity contribution in [2.45, 2.75) is 25.3 Å². The number of fused-ring (bicyclic) bond motifs is 1. The summed E-state index contributed by atoms with van der Waals surface area (Å²) in [4.78, 5) is 4.35. The predicted molar refractivity (Wildman–Crippen MR) is 71.6 cm³/mol. The quantitative estimate of drug-likeness (QED) is 0.773. The predicted octanol–water partition coefficient (Wildman–Crippen LogP) is 2.36. The van der Waals surface area contributed by atoms with Crippen LogP contribution in [0.1, 0.15) is 30.9 Å². The molecule has 4 N–H and O–H groups in total. The number of rotatable bonds is 5. The van der Waals surface area contributed by atoms with Gasteiger partial charge in [0.05, 0.1) is 5.52 Å². The summed E-state index contributed by atoms with van der Waals surface area (Å²) in [5.74, 6) is 0. The number of nitrogens with zero attached hydrogens (tertiary/aromatic N) is 1. The monoisotopic (exact) mass is 229 g/mol. The van der Waals surface area contributed by atoms with Gasteiger partial charge in [-0.2, -0.15) is 0 Å². The molecule has 0 aliphatic rings. The number of hydrogen-bond donors (Lipinski definition) is 2. The highest BCUT2D eigenvalue weighted by molar-refractivity contribution is 5.82. The van der Waals surface area contributed by atoms with E-state index < -0.39 is 0 Å². The number of hydrogen-bond acceptors (Lipinski definition) is 3. The van der Waals surface area contributed by atoms with Gasteiger partial charge in [-0.15, -0.1) is 0 Å². The third kappa shape index (κ3) is 2.81. The van der Waals surface area contributed by atoms with Crippen molar-refractivity contribution in [1.82, 2.24) is 4.98 Å². The maximum Gasteiger partial charge on any atom is 0.0705 e. The fourth-order valence-electron chi connectivity index (χ4n) is 2.11. The van der Waals surface area contributed by atoms with Crippen LogP contribution < -0.4 is 11.5 Å². The number of benzene rings is 1. The van der Waals surface area contributed by atoms with Crippen LogP contribution in [-0.4, -0.2) is 11.5 Å². The fourth-order valence-corrected chi connectivity index (χ4v) is 2.11. The minimum absolute atomic E-state index is 0.0782. The summed E-state index contributed by atoms with van der Waals surface area (Å²) in [5, 5.41) is 1.16. The Labute approximate surface area is 102 Å². The third-order valence-electron chi connectivity index (χ3n) is 3.05. The summed E-state index contributed by atoms with van der Waals surface area (Å²) in [7, 11) is 0. The van der Waals surface area contributed by atoms with Gasteiger partial charge in [0.1, 0.15) is 0 Å². The average molecular weight is 229 g/mol. The zero-order chi connectivity index (χ0) is 12.1. The van der Waals surface area contributed by atoms with Crippen LogP contribution in [-0.2, 0) is 0 Å². The first kappa shape index (κ1) is 12.0. The maximum atomic E-state index is 6.23. The van der Waals surface area contributed by atoms with Gasteiger partial charge < -0.3 is 11.5 Å². The lowest BCUT2D eigenvalue weighted by Crippen LogP contribution is -2.11. The first-order valence-electron chi connectivity index (χ1n) is 6.12. The molecule has 0 spiro atoms. The van der Waals surface area contributed by atoms with E-state index in [0.29, 0.717) is 0 Å². The molecule has 17 heavy (non-hydrogen) atoms. The lowest BCUT2D eigenvalue weighted by atomic mass is 9.98. The van der Waals surface area contributed by atoms with Crippen molar-refractivity contribution in [1.29, 1.82) is 0 Å². The highest BCUT2D eigenvalue weighted by Gasteiger charge is 2.09. The minimum Gasteiger partial charge on any atom is -0.330 e. The Morgan fingerprint density at radius 1 is 1.12 bits per heavy atom. The molecule has 1 aromatic heterocycles. The van der Waals surface area contributed by atoms with E-state index in [0.717, 1.165) is 36.7 Å². The second-order valence-corrected chi connectivity index (χ2v) is 4.31. The van der Waals surface area contributed by atoms with Gasteiger partial charge in [0.25, 0.3) is 0 Å². The molecular formula is C14H19N3. The molecule has 0 radical (unpaired) electrons. The number of para-hydroxylation sites is 1. The number of pyridine rings is 1.